The summed E-state index contributed by atoms with van der Waals surface area (Å²) in [7, 11) is -4.72. The fourth-order valence-electron chi connectivity index (χ4n) is 5.72. The number of unbranched alkanes of at least 4 members (excludes halogenated alkanes) is 20. The van der Waals surface area contributed by atoms with Crippen molar-refractivity contribution in [2.75, 3.05) is 19.8 Å². The first-order valence-corrected chi connectivity index (χ1v) is 23.0. The molecule has 0 saturated heterocycles. The molecule has 0 bridgehead atoms. The van der Waals surface area contributed by atoms with Crippen molar-refractivity contribution in [1.82, 2.24) is 0 Å². The SMILES string of the molecule is CCCCC/C=C\C/C=C\C/C=C\CCCCCCCCC(=O)OC(COC(=O)CCCCCCCCCCCCCC)COP(=O)(O)OCC(N)C(=O)O. The van der Waals surface area contributed by atoms with Crippen LogP contribution in [0.25, 0.3) is 0 Å². The Kier molecular flexibility index (Phi) is 37.0. The van der Waals surface area contributed by atoms with Crippen molar-refractivity contribution in [3.05, 3.63) is 36.5 Å². The molecule has 0 amide bonds. The van der Waals surface area contributed by atoms with E-state index in [1.54, 1.807) is 0 Å². The Morgan fingerprint density at radius 1 is 0.564 bits per heavy atom. The van der Waals surface area contributed by atoms with Crippen LogP contribution in [-0.4, -0.2) is 59.9 Å². The highest BCUT2D eigenvalue weighted by atomic mass is 31.2. The molecule has 55 heavy (non-hydrogen) atoms. The second-order valence-electron chi connectivity index (χ2n) is 14.5. The van der Waals surface area contributed by atoms with Gasteiger partial charge in [0.15, 0.2) is 6.10 Å². The molecule has 3 unspecified atom stereocenters. The van der Waals surface area contributed by atoms with Crippen molar-refractivity contribution in [3.8, 4) is 0 Å². The van der Waals surface area contributed by atoms with Gasteiger partial charge in [0.1, 0.15) is 12.6 Å². The summed E-state index contributed by atoms with van der Waals surface area (Å²) in [6.45, 7) is 2.76. The number of aliphatic carboxylic acids is 1. The van der Waals surface area contributed by atoms with Gasteiger partial charge < -0.3 is 25.2 Å². The number of hydrogen-bond donors (Lipinski definition) is 3. The molecule has 0 aliphatic carbocycles. The van der Waals surface area contributed by atoms with Crippen molar-refractivity contribution >= 4 is 25.7 Å². The fourth-order valence-corrected chi connectivity index (χ4v) is 6.50. The maximum absolute atomic E-state index is 12.6. The van der Waals surface area contributed by atoms with Gasteiger partial charge in [-0.05, 0) is 51.4 Å². The van der Waals surface area contributed by atoms with Crippen molar-refractivity contribution < 1.29 is 47.5 Å². The van der Waals surface area contributed by atoms with Gasteiger partial charge in [0.05, 0.1) is 13.2 Å². The third-order valence-corrected chi connectivity index (χ3v) is 10.1. The maximum atomic E-state index is 12.6. The molecule has 320 valence electrons. The van der Waals surface area contributed by atoms with Gasteiger partial charge in [-0.25, -0.2) is 4.57 Å². The quantitative estimate of drug-likeness (QED) is 0.0233. The van der Waals surface area contributed by atoms with Gasteiger partial charge in [0.2, 0.25) is 0 Å². The van der Waals surface area contributed by atoms with E-state index in [1.807, 2.05) is 0 Å². The van der Waals surface area contributed by atoms with Crippen LogP contribution in [0.5, 0.6) is 0 Å². The van der Waals surface area contributed by atoms with E-state index in [0.717, 1.165) is 70.6 Å². The minimum Gasteiger partial charge on any atom is -0.480 e. The largest absolute Gasteiger partial charge is 0.480 e. The second kappa shape index (κ2) is 38.6. The van der Waals surface area contributed by atoms with Crippen molar-refractivity contribution in [1.29, 1.82) is 0 Å². The topological polar surface area (TPSA) is 172 Å². The number of phosphoric acid groups is 1. The van der Waals surface area contributed by atoms with Gasteiger partial charge in [-0.3, -0.25) is 23.4 Å². The summed E-state index contributed by atoms with van der Waals surface area (Å²) in [5, 5.41) is 8.88. The molecule has 0 rings (SSSR count). The first-order chi connectivity index (χ1) is 26.6. The van der Waals surface area contributed by atoms with E-state index >= 15 is 0 Å². The second-order valence-corrected chi connectivity index (χ2v) is 15.9. The molecule has 0 aliphatic rings. The predicted molar refractivity (Wildman–Crippen MR) is 222 cm³/mol. The highest BCUT2D eigenvalue weighted by molar-refractivity contribution is 7.47. The minimum absolute atomic E-state index is 0.148. The number of allylic oxidation sites excluding steroid dienone is 6. The summed E-state index contributed by atoms with van der Waals surface area (Å²) >= 11 is 0. The third kappa shape index (κ3) is 38.4. The number of carbonyl (C=O) groups is 3. The lowest BCUT2D eigenvalue weighted by Crippen LogP contribution is -2.34. The van der Waals surface area contributed by atoms with Gasteiger partial charge in [0.25, 0.3) is 0 Å². The number of hydrogen-bond acceptors (Lipinski definition) is 9. The van der Waals surface area contributed by atoms with Crippen molar-refractivity contribution in [2.24, 2.45) is 5.73 Å². The summed E-state index contributed by atoms with van der Waals surface area (Å²) in [4.78, 5) is 45.9. The molecule has 12 heteroatoms. The monoisotopic (exact) mass is 800 g/mol. The number of carboxylic acid groups (broad SMARTS) is 1. The summed E-state index contributed by atoms with van der Waals surface area (Å²) < 4.78 is 32.7. The van der Waals surface area contributed by atoms with Gasteiger partial charge in [-0.2, -0.15) is 0 Å². The first-order valence-electron chi connectivity index (χ1n) is 21.5. The van der Waals surface area contributed by atoms with E-state index in [2.05, 4.69) is 54.8 Å². The summed E-state index contributed by atoms with van der Waals surface area (Å²) in [5.74, 6) is -2.39. The van der Waals surface area contributed by atoms with Gasteiger partial charge in [-0.15, -0.1) is 0 Å². The Bertz CT molecular complexity index is 1080. The molecule has 0 saturated carbocycles. The van der Waals surface area contributed by atoms with E-state index in [9.17, 15) is 23.8 Å². The van der Waals surface area contributed by atoms with Gasteiger partial charge in [-0.1, -0.05) is 159 Å². The zero-order valence-corrected chi connectivity index (χ0v) is 35.4. The first kappa shape index (κ1) is 52.7. The smallest absolute Gasteiger partial charge is 0.472 e. The van der Waals surface area contributed by atoms with Crippen LogP contribution in [0.3, 0.4) is 0 Å². The molecule has 0 radical (unpaired) electrons. The Morgan fingerprint density at radius 2 is 0.964 bits per heavy atom. The highest BCUT2D eigenvalue weighted by Crippen LogP contribution is 2.43. The third-order valence-electron chi connectivity index (χ3n) is 9.14. The number of phosphoric ester groups is 1. The van der Waals surface area contributed by atoms with Gasteiger partial charge >= 0.3 is 25.7 Å². The fraction of sp³-hybridized carbons (Fsp3) is 0.791. The number of esters is 2. The standard InChI is InChI=1S/C43H78NO10P/c1-3-5-7-9-11-13-15-17-18-19-20-21-22-23-25-27-29-31-33-35-42(46)54-39(37-52-55(49,50)53-38-40(44)43(47)48)36-51-41(45)34-32-30-28-26-24-16-14-12-10-8-6-4-2/h11,13,17-18,20-21,39-40H,3-10,12,14-16,19,22-38,44H2,1-2H3,(H,47,48)(H,49,50)/b13-11-,18-17-,21-20-. The molecular formula is C43H78NO10P. The van der Waals surface area contributed by atoms with Crippen LogP contribution in [0.4, 0.5) is 0 Å². The minimum atomic E-state index is -4.72. The summed E-state index contributed by atoms with van der Waals surface area (Å²) in [6.07, 6.45) is 40.6. The molecule has 0 aromatic rings. The molecule has 0 aromatic heterocycles. The predicted octanol–water partition coefficient (Wildman–Crippen LogP) is 11.2. The van der Waals surface area contributed by atoms with Crippen LogP contribution in [-0.2, 0) is 37.5 Å². The summed E-state index contributed by atoms with van der Waals surface area (Å²) in [5.41, 5.74) is 5.33. The number of rotatable bonds is 40. The Balaban J connectivity index is 4.38. The van der Waals surface area contributed by atoms with Crippen molar-refractivity contribution in [2.45, 2.75) is 199 Å². The molecule has 0 fully saturated rings. The van der Waals surface area contributed by atoms with Crippen LogP contribution in [0.15, 0.2) is 36.5 Å². The van der Waals surface area contributed by atoms with E-state index in [-0.39, 0.29) is 19.4 Å². The average molecular weight is 800 g/mol. The molecule has 0 heterocycles. The van der Waals surface area contributed by atoms with Crippen LogP contribution in [0.1, 0.15) is 187 Å². The van der Waals surface area contributed by atoms with Crippen LogP contribution < -0.4 is 5.73 Å². The Labute approximate surface area is 333 Å². The molecule has 0 spiro atoms. The number of ether oxygens (including phenoxy) is 2. The highest BCUT2D eigenvalue weighted by Gasteiger charge is 2.28. The number of nitrogens with two attached hydrogens (primary N) is 1. The molecule has 11 nitrogen and oxygen atoms in total. The molecular weight excluding hydrogens is 721 g/mol. The lowest BCUT2D eigenvalue weighted by Gasteiger charge is -2.20. The Hall–Kier alpha value is -2.30. The number of carboxylic acids is 1. The normalized spacial score (nSPS) is 14.1. The van der Waals surface area contributed by atoms with Crippen molar-refractivity contribution in [3.63, 3.8) is 0 Å². The average Bonchev–Trinajstić information content (AvgIpc) is 3.16. The maximum Gasteiger partial charge on any atom is 0.472 e. The molecule has 0 aliphatic heterocycles. The molecule has 4 N–H and O–H groups in total. The Morgan fingerprint density at radius 3 is 1.47 bits per heavy atom. The number of carbonyl (C=O) groups excluding carboxylic acids is 2. The van der Waals surface area contributed by atoms with Gasteiger partial charge in [0, 0.05) is 12.8 Å². The van der Waals surface area contributed by atoms with E-state index in [0.29, 0.717) is 12.8 Å². The zero-order chi connectivity index (χ0) is 40.7. The van der Waals surface area contributed by atoms with Crippen LogP contribution in [0, 0.1) is 0 Å². The van der Waals surface area contributed by atoms with E-state index in [4.69, 9.17) is 24.8 Å². The van der Waals surface area contributed by atoms with E-state index in [1.165, 1.54) is 77.0 Å². The summed E-state index contributed by atoms with van der Waals surface area (Å²) in [6, 6.07) is -1.52. The lowest BCUT2D eigenvalue weighted by molar-refractivity contribution is -0.161. The lowest BCUT2D eigenvalue weighted by atomic mass is 10.0. The van der Waals surface area contributed by atoms with E-state index < -0.39 is 51.1 Å². The molecule has 3 atom stereocenters. The zero-order valence-electron chi connectivity index (χ0n) is 34.5. The molecule has 0 aromatic carbocycles. The van der Waals surface area contributed by atoms with Crippen LogP contribution >= 0.6 is 7.82 Å². The van der Waals surface area contributed by atoms with Crippen LogP contribution in [0.2, 0.25) is 0 Å².